The zero-order chi connectivity index (χ0) is 19.4. The summed E-state index contributed by atoms with van der Waals surface area (Å²) in [5.41, 5.74) is 4.15. The number of likely N-dealkylation sites (tertiary alicyclic amines) is 1. The summed E-state index contributed by atoms with van der Waals surface area (Å²) in [7, 11) is 0. The normalized spacial score (nSPS) is 16.3. The van der Waals surface area contributed by atoms with Crippen LogP contribution in [-0.2, 0) is 17.9 Å². The second kappa shape index (κ2) is 9.02. The van der Waals surface area contributed by atoms with Crippen molar-refractivity contribution in [3.63, 3.8) is 0 Å². The van der Waals surface area contributed by atoms with Crippen LogP contribution in [0.2, 0.25) is 0 Å². The number of anilines is 1. The lowest BCUT2D eigenvalue weighted by Gasteiger charge is -2.26. The maximum Gasteiger partial charge on any atom is 0.229 e. The van der Waals surface area contributed by atoms with Crippen LogP contribution in [0, 0.1) is 19.8 Å². The van der Waals surface area contributed by atoms with Crippen LogP contribution in [0.3, 0.4) is 0 Å². The number of amides is 1. The van der Waals surface area contributed by atoms with Crippen LogP contribution in [-0.4, -0.2) is 33.7 Å². The Morgan fingerprint density at radius 2 is 1.85 bits per heavy atom. The van der Waals surface area contributed by atoms with Gasteiger partial charge in [-0.05, 0) is 73.4 Å². The topological polar surface area (TPSA) is 50.2 Å². The van der Waals surface area contributed by atoms with E-state index in [-0.39, 0.29) is 11.8 Å². The molecular weight excluding hydrogens is 404 g/mol. The smallest absolute Gasteiger partial charge is 0.229 e. The van der Waals surface area contributed by atoms with E-state index in [1.165, 1.54) is 37.9 Å². The molecule has 1 fully saturated rings. The van der Waals surface area contributed by atoms with E-state index in [0.29, 0.717) is 6.54 Å². The first kappa shape index (κ1) is 20.1. The molecule has 3 rings (SSSR count). The quantitative estimate of drug-likeness (QED) is 0.729. The zero-order valence-electron chi connectivity index (χ0n) is 16.5. The van der Waals surface area contributed by atoms with Crippen LogP contribution in [0.5, 0.6) is 0 Å². The third-order valence-electron chi connectivity index (χ3n) is 5.26. The molecule has 1 atom stereocenters. The molecule has 146 valence electrons. The van der Waals surface area contributed by atoms with Gasteiger partial charge >= 0.3 is 0 Å². The molecule has 27 heavy (non-hydrogen) atoms. The van der Waals surface area contributed by atoms with Crippen molar-refractivity contribution in [3.8, 4) is 0 Å². The van der Waals surface area contributed by atoms with Crippen molar-refractivity contribution in [2.24, 2.45) is 5.92 Å². The molecule has 0 aliphatic carbocycles. The Labute approximate surface area is 170 Å². The molecule has 0 radical (unpaired) electrons. The predicted octanol–water partition coefficient (Wildman–Crippen LogP) is 4.52. The van der Waals surface area contributed by atoms with Gasteiger partial charge in [-0.15, -0.1) is 0 Å². The maximum atomic E-state index is 12.5. The zero-order valence-corrected chi connectivity index (χ0v) is 18.1. The SMILES string of the molecule is Cc1nn(CC(C)C(=O)Nc2ccc(CN3CCCCC3)cc2)c(C)c1Br. The van der Waals surface area contributed by atoms with Gasteiger partial charge in [0.25, 0.3) is 0 Å². The van der Waals surface area contributed by atoms with Crippen LogP contribution in [0.15, 0.2) is 28.7 Å². The second-order valence-corrected chi connectivity index (χ2v) is 8.38. The van der Waals surface area contributed by atoms with Gasteiger partial charge < -0.3 is 5.32 Å². The van der Waals surface area contributed by atoms with Crippen molar-refractivity contribution in [2.45, 2.75) is 53.1 Å². The van der Waals surface area contributed by atoms with Gasteiger partial charge in [-0.3, -0.25) is 14.4 Å². The highest BCUT2D eigenvalue weighted by Crippen LogP contribution is 2.21. The standard InChI is InChI=1S/C21H29BrN4O/c1-15(13-26-17(3)20(22)16(2)24-26)21(27)23-19-9-7-18(8-10-19)14-25-11-5-4-6-12-25/h7-10,15H,4-6,11-14H2,1-3H3,(H,23,27). The first-order valence-electron chi connectivity index (χ1n) is 9.75. The molecule has 1 aliphatic rings. The molecule has 1 aromatic heterocycles. The fourth-order valence-corrected chi connectivity index (χ4v) is 3.81. The summed E-state index contributed by atoms with van der Waals surface area (Å²) < 4.78 is 2.91. The summed E-state index contributed by atoms with van der Waals surface area (Å²) in [6.07, 6.45) is 3.96. The Balaban J connectivity index is 1.54. The Morgan fingerprint density at radius 1 is 1.19 bits per heavy atom. The van der Waals surface area contributed by atoms with E-state index < -0.39 is 0 Å². The molecule has 1 N–H and O–H groups in total. The monoisotopic (exact) mass is 432 g/mol. The first-order valence-corrected chi connectivity index (χ1v) is 10.5. The molecule has 1 saturated heterocycles. The minimum Gasteiger partial charge on any atom is -0.326 e. The minimum atomic E-state index is -0.164. The van der Waals surface area contributed by atoms with Crippen molar-refractivity contribution in [2.75, 3.05) is 18.4 Å². The minimum absolute atomic E-state index is 0.0162. The van der Waals surface area contributed by atoms with Crippen LogP contribution in [0.25, 0.3) is 0 Å². The lowest BCUT2D eigenvalue weighted by atomic mass is 10.1. The summed E-state index contributed by atoms with van der Waals surface area (Å²) in [5.74, 6) is -0.148. The summed E-state index contributed by atoms with van der Waals surface area (Å²) in [6.45, 7) is 9.86. The highest BCUT2D eigenvalue weighted by Gasteiger charge is 2.17. The number of hydrogen-bond donors (Lipinski definition) is 1. The van der Waals surface area contributed by atoms with Crippen LogP contribution < -0.4 is 5.32 Å². The molecule has 2 heterocycles. The van der Waals surface area contributed by atoms with E-state index in [1.807, 2.05) is 37.6 Å². The molecule has 1 unspecified atom stereocenters. The number of carbonyl (C=O) groups excluding carboxylic acids is 1. The highest BCUT2D eigenvalue weighted by molar-refractivity contribution is 9.10. The van der Waals surface area contributed by atoms with Crippen molar-refractivity contribution in [3.05, 3.63) is 45.7 Å². The van der Waals surface area contributed by atoms with Gasteiger partial charge in [-0.2, -0.15) is 5.10 Å². The Bertz CT molecular complexity index is 778. The number of aromatic nitrogens is 2. The van der Waals surface area contributed by atoms with Gasteiger partial charge in [0.1, 0.15) is 0 Å². The van der Waals surface area contributed by atoms with Gasteiger partial charge in [0, 0.05) is 17.9 Å². The average molecular weight is 433 g/mol. The van der Waals surface area contributed by atoms with E-state index in [0.717, 1.165) is 28.1 Å². The van der Waals surface area contributed by atoms with E-state index >= 15 is 0 Å². The maximum absolute atomic E-state index is 12.5. The number of aryl methyl sites for hydroxylation is 1. The predicted molar refractivity (Wildman–Crippen MR) is 113 cm³/mol. The van der Waals surface area contributed by atoms with E-state index in [9.17, 15) is 4.79 Å². The summed E-state index contributed by atoms with van der Waals surface area (Å²) in [4.78, 5) is 15.1. The Morgan fingerprint density at radius 3 is 2.44 bits per heavy atom. The summed E-state index contributed by atoms with van der Waals surface area (Å²) >= 11 is 3.54. The van der Waals surface area contributed by atoms with E-state index in [4.69, 9.17) is 0 Å². The number of benzene rings is 1. The number of halogens is 1. The number of piperidine rings is 1. The number of rotatable bonds is 6. The van der Waals surface area contributed by atoms with Crippen molar-refractivity contribution < 1.29 is 4.79 Å². The third-order valence-corrected chi connectivity index (χ3v) is 6.41. The molecular formula is C21H29BrN4O. The largest absolute Gasteiger partial charge is 0.326 e. The molecule has 0 bridgehead atoms. The Hall–Kier alpha value is -1.66. The molecule has 1 amide bonds. The molecule has 6 heteroatoms. The summed E-state index contributed by atoms with van der Waals surface area (Å²) in [6, 6.07) is 8.24. The number of hydrogen-bond acceptors (Lipinski definition) is 3. The van der Waals surface area contributed by atoms with Gasteiger partial charge in [0.2, 0.25) is 5.91 Å². The van der Waals surface area contributed by atoms with Crippen LogP contribution >= 0.6 is 15.9 Å². The fourth-order valence-electron chi connectivity index (χ4n) is 3.53. The third kappa shape index (κ3) is 5.20. The first-order chi connectivity index (χ1) is 12.9. The van der Waals surface area contributed by atoms with E-state index in [2.05, 4.69) is 43.4 Å². The number of carbonyl (C=O) groups is 1. The highest BCUT2D eigenvalue weighted by atomic mass is 79.9. The van der Waals surface area contributed by atoms with Crippen molar-refractivity contribution >= 4 is 27.5 Å². The number of nitrogens with one attached hydrogen (secondary N) is 1. The van der Waals surface area contributed by atoms with Gasteiger partial charge in [0.15, 0.2) is 0 Å². The van der Waals surface area contributed by atoms with Crippen molar-refractivity contribution in [1.82, 2.24) is 14.7 Å². The molecule has 0 saturated carbocycles. The van der Waals surface area contributed by atoms with Gasteiger partial charge in [-0.1, -0.05) is 25.5 Å². The van der Waals surface area contributed by atoms with Gasteiger partial charge in [-0.25, -0.2) is 0 Å². The Kier molecular flexibility index (Phi) is 6.71. The molecule has 0 spiro atoms. The number of nitrogens with zero attached hydrogens (tertiary/aromatic N) is 3. The lowest BCUT2D eigenvalue weighted by molar-refractivity contribution is -0.119. The van der Waals surface area contributed by atoms with Crippen molar-refractivity contribution in [1.29, 1.82) is 0 Å². The fraction of sp³-hybridized carbons (Fsp3) is 0.524. The van der Waals surface area contributed by atoms with Gasteiger partial charge in [0.05, 0.1) is 22.6 Å². The molecule has 5 nitrogen and oxygen atoms in total. The molecule has 2 aromatic rings. The lowest BCUT2D eigenvalue weighted by Crippen LogP contribution is -2.29. The molecule has 1 aromatic carbocycles. The van der Waals surface area contributed by atoms with Crippen LogP contribution in [0.1, 0.15) is 43.1 Å². The van der Waals surface area contributed by atoms with E-state index in [1.54, 1.807) is 0 Å². The van der Waals surface area contributed by atoms with Crippen LogP contribution in [0.4, 0.5) is 5.69 Å². The summed E-state index contributed by atoms with van der Waals surface area (Å²) in [5, 5.41) is 7.52. The average Bonchev–Trinajstić information content (AvgIpc) is 2.91. The molecule has 1 aliphatic heterocycles. The second-order valence-electron chi connectivity index (χ2n) is 7.59.